The zero-order valence-electron chi connectivity index (χ0n) is 13.5. The van der Waals surface area contributed by atoms with E-state index < -0.39 is 41.7 Å². The average molecular weight is 313 g/mol. The molecule has 0 saturated carbocycles. The van der Waals surface area contributed by atoms with Crippen LogP contribution in [-0.2, 0) is 23.9 Å². The Kier molecular flexibility index (Phi) is 6.08. The van der Waals surface area contributed by atoms with Gasteiger partial charge in [0.1, 0.15) is 5.60 Å². The second kappa shape index (κ2) is 7.38. The molecule has 7 heteroatoms. The molecule has 7 nitrogen and oxygen atoms in total. The van der Waals surface area contributed by atoms with E-state index in [1.54, 1.807) is 27.7 Å². The van der Waals surface area contributed by atoms with Gasteiger partial charge in [0.05, 0.1) is 19.1 Å². The Bertz CT molecular complexity index is 465. The number of ketones is 2. The van der Waals surface area contributed by atoms with E-state index in [0.29, 0.717) is 19.4 Å². The maximum absolute atomic E-state index is 12.2. The maximum atomic E-state index is 12.2. The molecule has 0 aliphatic carbocycles. The summed E-state index contributed by atoms with van der Waals surface area (Å²) in [6.45, 7) is 7.27. The normalized spacial score (nSPS) is 18.0. The quantitative estimate of drug-likeness (QED) is 0.434. The van der Waals surface area contributed by atoms with Crippen LogP contribution >= 0.6 is 0 Å². The van der Waals surface area contributed by atoms with Crippen molar-refractivity contribution in [1.82, 2.24) is 4.90 Å². The highest BCUT2D eigenvalue weighted by atomic mass is 16.6. The Morgan fingerprint density at radius 1 is 1.18 bits per heavy atom. The number of hydrogen-bond donors (Lipinski definition) is 0. The van der Waals surface area contributed by atoms with Crippen LogP contribution in [0.25, 0.3) is 0 Å². The molecule has 124 valence electrons. The number of ether oxygens (including phenoxy) is 2. The molecule has 1 aliphatic rings. The third kappa shape index (κ3) is 5.13. The number of amides is 1. The van der Waals surface area contributed by atoms with E-state index in [1.165, 1.54) is 4.90 Å². The van der Waals surface area contributed by atoms with Crippen molar-refractivity contribution in [3.05, 3.63) is 0 Å². The van der Waals surface area contributed by atoms with E-state index in [4.69, 9.17) is 4.74 Å². The lowest BCUT2D eigenvalue weighted by Gasteiger charge is -2.27. The lowest BCUT2D eigenvalue weighted by atomic mass is 10.1. The molecule has 0 bridgehead atoms. The number of esters is 1. The summed E-state index contributed by atoms with van der Waals surface area (Å²) in [5.41, 5.74) is -0.659. The molecule has 0 radical (unpaired) electrons. The van der Waals surface area contributed by atoms with Gasteiger partial charge in [-0.3, -0.25) is 14.5 Å². The van der Waals surface area contributed by atoms with E-state index >= 15 is 0 Å². The van der Waals surface area contributed by atoms with Crippen molar-refractivity contribution >= 4 is 23.6 Å². The summed E-state index contributed by atoms with van der Waals surface area (Å²) in [6, 6.07) is -0.715. The summed E-state index contributed by atoms with van der Waals surface area (Å²) in [5, 5.41) is 0. The molecule has 1 rings (SSSR count). The zero-order valence-corrected chi connectivity index (χ0v) is 13.5. The molecule has 0 spiro atoms. The van der Waals surface area contributed by atoms with E-state index in [9.17, 15) is 19.2 Å². The molecule has 0 N–H and O–H groups in total. The van der Waals surface area contributed by atoms with Crippen LogP contribution in [0.1, 0.15) is 47.0 Å². The van der Waals surface area contributed by atoms with Crippen LogP contribution in [0, 0.1) is 0 Å². The molecule has 0 aromatic carbocycles. The van der Waals surface area contributed by atoms with Crippen LogP contribution < -0.4 is 0 Å². The van der Waals surface area contributed by atoms with Gasteiger partial charge in [0.25, 0.3) is 0 Å². The molecule has 0 aromatic heterocycles. The molecule has 1 amide bonds. The van der Waals surface area contributed by atoms with Gasteiger partial charge in [-0.25, -0.2) is 9.59 Å². The molecule has 1 aliphatic heterocycles. The Balaban J connectivity index is 2.66. The van der Waals surface area contributed by atoms with E-state index in [-0.39, 0.29) is 6.61 Å². The largest absolute Gasteiger partial charge is 0.460 e. The Morgan fingerprint density at radius 3 is 2.36 bits per heavy atom. The average Bonchev–Trinajstić information content (AvgIpc) is 2.86. The summed E-state index contributed by atoms with van der Waals surface area (Å²) in [6.07, 6.45) is -0.00724. The number of hydrogen-bond acceptors (Lipinski definition) is 6. The predicted molar refractivity (Wildman–Crippen MR) is 77.2 cm³/mol. The first-order valence-electron chi connectivity index (χ1n) is 7.38. The van der Waals surface area contributed by atoms with Crippen molar-refractivity contribution in [2.24, 2.45) is 0 Å². The van der Waals surface area contributed by atoms with Crippen molar-refractivity contribution in [3.63, 3.8) is 0 Å². The molecule has 1 atom stereocenters. The van der Waals surface area contributed by atoms with Crippen LogP contribution in [0.2, 0.25) is 0 Å². The smallest absolute Gasteiger partial charge is 0.410 e. The minimum Gasteiger partial charge on any atom is -0.460 e. The van der Waals surface area contributed by atoms with Crippen LogP contribution in [0.3, 0.4) is 0 Å². The number of carbonyl (C=O) groups is 4. The number of rotatable bonds is 5. The van der Waals surface area contributed by atoms with Gasteiger partial charge in [0, 0.05) is 6.54 Å². The summed E-state index contributed by atoms with van der Waals surface area (Å²) < 4.78 is 9.81. The molecule has 0 aromatic rings. The highest BCUT2D eigenvalue weighted by molar-refractivity contribution is 6.37. The third-order valence-electron chi connectivity index (χ3n) is 3.09. The predicted octanol–water partition coefficient (Wildman–Crippen LogP) is 1.48. The maximum Gasteiger partial charge on any atom is 0.410 e. The summed E-state index contributed by atoms with van der Waals surface area (Å²) in [5.74, 6) is -2.36. The second-order valence-electron chi connectivity index (χ2n) is 6.12. The van der Waals surface area contributed by atoms with E-state index in [1.807, 2.05) is 0 Å². The Hall–Kier alpha value is -1.92. The molecular weight excluding hydrogens is 290 g/mol. The van der Waals surface area contributed by atoms with Gasteiger partial charge < -0.3 is 9.47 Å². The topological polar surface area (TPSA) is 90.0 Å². The minimum atomic E-state index is -1.02. The van der Waals surface area contributed by atoms with Gasteiger partial charge >= 0.3 is 12.1 Å². The lowest BCUT2D eigenvalue weighted by molar-refractivity contribution is -0.154. The fraction of sp³-hybridized carbons (Fsp3) is 0.733. The third-order valence-corrected chi connectivity index (χ3v) is 3.09. The lowest BCUT2D eigenvalue weighted by Crippen LogP contribution is -2.44. The first-order valence-corrected chi connectivity index (χ1v) is 7.38. The summed E-state index contributed by atoms with van der Waals surface area (Å²) in [4.78, 5) is 48.4. The Morgan fingerprint density at radius 2 is 1.82 bits per heavy atom. The number of likely N-dealkylation sites (tertiary alicyclic amines) is 1. The standard InChI is InChI=1S/C15H23NO6/c1-5-21-13(19)12(18)9-11(17)10-7-6-8-16(10)14(20)22-15(2,3)4/h10H,5-9H2,1-4H3/t10-/m1/s1. The first-order chi connectivity index (χ1) is 10.2. The van der Waals surface area contributed by atoms with Crippen LogP contribution in [-0.4, -0.2) is 53.3 Å². The molecule has 1 heterocycles. The van der Waals surface area contributed by atoms with E-state index in [2.05, 4.69) is 4.74 Å². The van der Waals surface area contributed by atoms with Gasteiger partial charge in [-0.2, -0.15) is 0 Å². The van der Waals surface area contributed by atoms with Crippen molar-refractivity contribution in [3.8, 4) is 0 Å². The van der Waals surface area contributed by atoms with Crippen molar-refractivity contribution < 1.29 is 28.7 Å². The highest BCUT2D eigenvalue weighted by Crippen LogP contribution is 2.22. The fourth-order valence-electron chi connectivity index (χ4n) is 2.20. The van der Waals surface area contributed by atoms with Crippen LogP contribution in [0.15, 0.2) is 0 Å². The first kappa shape index (κ1) is 18.1. The zero-order chi connectivity index (χ0) is 16.9. The number of nitrogens with zero attached hydrogens (tertiary/aromatic N) is 1. The summed E-state index contributed by atoms with van der Waals surface area (Å²) in [7, 11) is 0. The van der Waals surface area contributed by atoms with Gasteiger partial charge in [0.2, 0.25) is 5.78 Å². The molecule has 22 heavy (non-hydrogen) atoms. The highest BCUT2D eigenvalue weighted by Gasteiger charge is 2.37. The SMILES string of the molecule is CCOC(=O)C(=O)CC(=O)[C@H]1CCCN1C(=O)OC(C)(C)C. The van der Waals surface area contributed by atoms with Crippen LogP contribution in [0.5, 0.6) is 0 Å². The minimum absolute atomic E-state index is 0.0756. The summed E-state index contributed by atoms with van der Waals surface area (Å²) >= 11 is 0. The Labute approximate surface area is 129 Å². The van der Waals surface area contributed by atoms with Gasteiger partial charge in [-0.05, 0) is 40.5 Å². The van der Waals surface area contributed by atoms with E-state index in [0.717, 1.165) is 0 Å². The van der Waals surface area contributed by atoms with Gasteiger partial charge in [-0.15, -0.1) is 0 Å². The van der Waals surface area contributed by atoms with Crippen molar-refractivity contribution in [2.75, 3.05) is 13.2 Å². The number of carbonyl (C=O) groups excluding carboxylic acids is 4. The van der Waals surface area contributed by atoms with Crippen molar-refractivity contribution in [2.45, 2.75) is 58.6 Å². The second-order valence-corrected chi connectivity index (χ2v) is 6.12. The van der Waals surface area contributed by atoms with Gasteiger partial charge in [-0.1, -0.05) is 0 Å². The molecule has 1 saturated heterocycles. The monoisotopic (exact) mass is 313 g/mol. The molecular formula is C15H23NO6. The number of Topliss-reactive ketones (excluding diaryl/α,β-unsaturated/α-hetero) is 2. The van der Waals surface area contributed by atoms with Crippen LogP contribution in [0.4, 0.5) is 4.79 Å². The fourth-order valence-corrected chi connectivity index (χ4v) is 2.20. The van der Waals surface area contributed by atoms with Crippen molar-refractivity contribution in [1.29, 1.82) is 0 Å². The van der Waals surface area contributed by atoms with Gasteiger partial charge in [0.15, 0.2) is 5.78 Å². The molecule has 0 unspecified atom stereocenters. The molecule has 1 fully saturated rings.